The van der Waals surface area contributed by atoms with Gasteiger partial charge >= 0.3 is 5.97 Å². The van der Waals surface area contributed by atoms with Gasteiger partial charge in [-0.3, -0.25) is 9.59 Å². The van der Waals surface area contributed by atoms with Crippen molar-refractivity contribution in [3.63, 3.8) is 0 Å². The van der Waals surface area contributed by atoms with E-state index in [1.165, 1.54) is 7.11 Å². The Balaban J connectivity index is 1.85. The Morgan fingerprint density at radius 2 is 1.79 bits per heavy atom. The molecule has 1 aliphatic heterocycles. The first kappa shape index (κ1) is 18.3. The number of rotatable bonds is 6. The van der Waals surface area contributed by atoms with Crippen LogP contribution in [0.25, 0.3) is 0 Å². The van der Waals surface area contributed by atoms with Gasteiger partial charge in [0.05, 0.1) is 19.6 Å². The maximum absolute atomic E-state index is 12.5. The molecule has 0 atom stereocenters. The Morgan fingerprint density at radius 3 is 2.33 bits per heavy atom. The number of carbonyl (C=O) groups is 2. The molecule has 132 valence electrons. The van der Waals surface area contributed by atoms with Crippen molar-refractivity contribution in [2.45, 2.75) is 33.1 Å². The first-order valence-electron chi connectivity index (χ1n) is 8.61. The van der Waals surface area contributed by atoms with Gasteiger partial charge in [-0.25, -0.2) is 0 Å². The fourth-order valence-corrected chi connectivity index (χ4v) is 2.77. The standard InChI is InChI=1S/C19H27NO4/c1-14(2)10-13-24-17-6-4-15(5-7-17)18(21)20-11-8-16(9-12-20)19(22)23-3/h4-7,14,16H,8-13H2,1-3H3. The topological polar surface area (TPSA) is 55.8 Å². The van der Waals surface area contributed by atoms with E-state index in [0.717, 1.165) is 12.2 Å². The molecule has 0 spiro atoms. The molecule has 0 unspecified atom stereocenters. The van der Waals surface area contributed by atoms with E-state index in [9.17, 15) is 9.59 Å². The Kier molecular flexibility index (Phi) is 6.64. The summed E-state index contributed by atoms with van der Waals surface area (Å²) in [4.78, 5) is 25.9. The zero-order chi connectivity index (χ0) is 17.5. The number of piperidine rings is 1. The lowest BCUT2D eigenvalue weighted by molar-refractivity contribution is -0.146. The molecule has 0 N–H and O–H groups in total. The molecule has 1 amide bonds. The number of benzene rings is 1. The van der Waals surface area contributed by atoms with Crippen LogP contribution >= 0.6 is 0 Å². The lowest BCUT2D eigenvalue weighted by atomic mass is 9.96. The Bertz CT molecular complexity index is 545. The van der Waals surface area contributed by atoms with Crippen LogP contribution in [-0.2, 0) is 9.53 Å². The van der Waals surface area contributed by atoms with Crippen LogP contribution in [0, 0.1) is 11.8 Å². The molecule has 0 radical (unpaired) electrons. The maximum atomic E-state index is 12.5. The normalized spacial score (nSPS) is 15.4. The zero-order valence-electron chi connectivity index (χ0n) is 14.8. The molecule has 0 saturated carbocycles. The van der Waals surface area contributed by atoms with E-state index in [1.54, 1.807) is 17.0 Å². The second kappa shape index (κ2) is 8.71. The van der Waals surface area contributed by atoms with Crippen LogP contribution in [0.1, 0.15) is 43.5 Å². The molecular weight excluding hydrogens is 306 g/mol. The van der Waals surface area contributed by atoms with Crippen LogP contribution in [0.5, 0.6) is 5.75 Å². The SMILES string of the molecule is COC(=O)C1CCN(C(=O)c2ccc(OCCC(C)C)cc2)CC1. The van der Waals surface area contributed by atoms with Gasteiger partial charge in [0.2, 0.25) is 0 Å². The minimum atomic E-state index is -0.176. The third kappa shape index (κ3) is 4.98. The molecule has 1 aromatic rings. The molecule has 0 bridgehead atoms. The number of methoxy groups -OCH3 is 1. The average Bonchev–Trinajstić information content (AvgIpc) is 2.61. The molecule has 5 nitrogen and oxygen atoms in total. The number of carbonyl (C=O) groups excluding carboxylic acids is 2. The zero-order valence-corrected chi connectivity index (χ0v) is 14.8. The monoisotopic (exact) mass is 333 g/mol. The third-order valence-corrected chi connectivity index (χ3v) is 4.38. The number of likely N-dealkylation sites (tertiary alicyclic amines) is 1. The van der Waals surface area contributed by atoms with Gasteiger partial charge in [-0.2, -0.15) is 0 Å². The van der Waals surface area contributed by atoms with Crippen LogP contribution in [0.3, 0.4) is 0 Å². The fourth-order valence-electron chi connectivity index (χ4n) is 2.77. The number of hydrogen-bond donors (Lipinski definition) is 0. The summed E-state index contributed by atoms with van der Waals surface area (Å²) in [7, 11) is 1.41. The summed E-state index contributed by atoms with van der Waals surface area (Å²) in [6, 6.07) is 7.29. The molecule has 1 saturated heterocycles. The van der Waals surface area contributed by atoms with Crippen LogP contribution in [0.2, 0.25) is 0 Å². The van der Waals surface area contributed by atoms with Crippen LogP contribution in [-0.4, -0.2) is 43.6 Å². The maximum Gasteiger partial charge on any atom is 0.308 e. The largest absolute Gasteiger partial charge is 0.494 e. The van der Waals surface area contributed by atoms with Gasteiger partial charge in [-0.1, -0.05) is 13.8 Å². The predicted octanol–water partition coefficient (Wildman–Crippen LogP) is 3.14. The third-order valence-electron chi connectivity index (χ3n) is 4.38. The smallest absolute Gasteiger partial charge is 0.308 e. The Hall–Kier alpha value is -2.04. The van der Waals surface area contributed by atoms with Crippen molar-refractivity contribution in [3.8, 4) is 5.75 Å². The highest BCUT2D eigenvalue weighted by Crippen LogP contribution is 2.21. The fraction of sp³-hybridized carbons (Fsp3) is 0.579. The van der Waals surface area contributed by atoms with Gasteiger partial charge in [0.15, 0.2) is 0 Å². The van der Waals surface area contributed by atoms with Crippen molar-refractivity contribution in [2.75, 3.05) is 26.8 Å². The number of esters is 1. The molecule has 1 aliphatic rings. The van der Waals surface area contributed by atoms with Crippen molar-refractivity contribution in [1.29, 1.82) is 0 Å². The second-order valence-corrected chi connectivity index (χ2v) is 6.64. The van der Waals surface area contributed by atoms with Gasteiger partial charge in [-0.05, 0) is 49.4 Å². The summed E-state index contributed by atoms with van der Waals surface area (Å²) in [6.07, 6.45) is 2.33. The minimum Gasteiger partial charge on any atom is -0.494 e. The molecule has 1 fully saturated rings. The van der Waals surface area contributed by atoms with Crippen molar-refractivity contribution in [2.24, 2.45) is 11.8 Å². The number of ether oxygens (including phenoxy) is 2. The second-order valence-electron chi connectivity index (χ2n) is 6.64. The van der Waals surface area contributed by atoms with Crippen LogP contribution in [0.4, 0.5) is 0 Å². The highest BCUT2D eigenvalue weighted by Gasteiger charge is 2.28. The summed E-state index contributed by atoms with van der Waals surface area (Å²) < 4.78 is 10.4. The molecule has 0 aromatic heterocycles. The minimum absolute atomic E-state index is 0.00652. The van der Waals surface area contributed by atoms with Gasteiger partial charge in [0.25, 0.3) is 5.91 Å². The molecule has 1 heterocycles. The summed E-state index contributed by atoms with van der Waals surface area (Å²) in [5.41, 5.74) is 0.655. The molecule has 2 rings (SSSR count). The molecule has 5 heteroatoms. The van der Waals surface area contributed by atoms with E-state index >= 15 is 0 Å². The average molecular weight is 333 g/mol. The van der Waals surface area contributed by atoms with Gasteiger partial charge in [-0.15, -0.1) is 0 Å². The van der Waals surface area contributed by atoms with E-state index in [-0.39, 0.29) is 17.8 Å². The van der Waals surface area contributed by atoms with Crippen molar-refractivity contribution < 1.29 is 19.1 Å². The van der Waals surface area contributed by atoms with Crippen molar-refractivity contribution >= 4 is 11.9 Å². The van der Waals surface area contributed by atoms with Crippen LogP contribution < -0.4 is 4.74 Å². The highest BCUT2D eigenvalue weighted by molar-refractivity contribution is 5.94. The lowest BCUT2D eigenvalue weighted by Gasteiger charge is -2.30. The predicted molar refractivity (Wildman–Crippen MR) is 92.0 cm³/mol. The number of hydrogen-bond acceptors (Lipinski definition) is 4. The summed E-state index contributed by atoms with van der Waals surface area (Å²) >= 11 is 0. The lowest BCUT2D eigenvalue weighted by Crippen LogP contribution is -2.40. The van der Waals surface area contributed by atoms with E-state index in [1.807, 2.05) is 12.1 Å². The van der Waals surface area contributed by atoms with E-state index in [0.29, 0.717) is 44.0 Å². The molecular formula is C19H27NO4. The van der Waals surface area contributed by atoms with Gasteiger partial charge in [0, 0.05) is 18.7 Å². The van der Waals surface area contributed by atoms with Gasteiger partial charge < -0.3 is 14.4 Å². The highest BCUT2D eigenvalue weighted by atomic mass is 16.5. The Morgan fingerprint density at radius 1 is 1.17 bits per heavy atom. The Labute approximate surface area is 143 Å². The number of nitrogens with zero attached hydrogens (tertiary/aromatic N) is 1. The van der Waals surface area contributed by atoms with E-state index in [2.05, 4.69) is 13.8 Å². The molecule has 0 aliphatic carbocycles. The summed E-state index contributed by atoms with van der Waals surface area (Å²) in [5.74, 6) is 1.14. The van der Waals surface area contributed by atoms with E-state index < -0.39 is 0 Å². The van der Waals surface area contributed by atoms with Crippen molar-refractivity contribution in [3.05, 3.63) is 29.8 Å². The van der Waals surface area contributed by atoms with Crippen molar-refractivity contribution in [1.82, 2.24) is 4.90 Å². The quantitative estimate of drug-likeness (QED) is 0.751. The number of amides is 1. The molecule has 24 heavy (non-hydrogen) atoms. The van der Waals surface area contributed by atoms with Gasteiger partial charge in [0.1, 0.15) is 5.75 Å². The first-order valence-corrected chi connectivity index (χ1v) is 8.61. The summed E-state index contributed by atoms with van der Waals surface area (Å²) in [5, 5.41) is 0. The van der Waals surface area contributed by atoms with Crippen LogP contribution in [0.15, 0.2) is 24.3 Å². The van der Waals surface area contributed by atoms with E-state index in [4.69, 9.17) is 9.47 Å². The first-order chi connectivity index (χ1) is 11.5. The molecule has 1 aromatic carbocycles. The summed E-state index contributed by atoms with van der Waals surface area (Å²) in [6.45, 7) is 6.19.